The lowest BCUT2D eigenvalue weighted by atomic mass is 10.0. The normalized spacial score (nSPS) is 12.7. The first kappa shape index (κ1) is 12.1. The van der Waals surface area contributed by atoms with Gasteiger partial charge in [0.1, 0.15) is 0 Å². The molecular formula is C11H10BrClN2S. The van der Waals surface area contributed by atoms with Gasteiger partial charge in [0.15, 0.2) is 0 Å². The fourth-order valence-electron chi connectivity index (χ4n) is 1.54. The number of hydrogen-bond acceptors (Lipinski definition) is 3. The van der Waals surface area contributed by atoms with Crippen LogP contribution in [0.5, 0.6) is 0 Å². The Bertz CT molecular complexity index is 473. The lowest BCUT2D eigenvalue weighted by Gasteiger charge is -2.16. The Balaban J connectivity index is 2.41. The van der Waals surface area contributed by atoms with E-state index in [1.807, 2.05) is 29.6 Å². The highest BCUT2D eigenvalue weighted by molar-refractivity contribution is 9.10. The van der Waals surface area contributed by atoms with Crippen molar-refractivity contribution in [3.63, 3.8) is 0 Å². The molecule has 0 saturated heterocycles. The van der Waals surface area contributed by atoms with Crippen LogP contribution in [0.25, 0.3) is 0 Å². The quantitative estimate of drug-likeness (QED) is 0.669. The molecular weight excluding hydrogens is 308 g/mol. The van der Waals surface area contributed by atoms with Crippen molar-refractivity contribution in [3.8, 4) is 0 Å². The van der Waals surface area contributed by atoms with Crippen molar-refractivity contribution >= 4 is 38.9 Å². The zero-order chi connectivity index (χ0) is 11.5. The van der Waals surface area contributed by atoms with Gasteiger partial charge in [0.05, 0.1) is 6.04 Å². The van der Waals surface area contributed by atoms with Crippen LogP contribution >= 0.6 is 38.9 Å². The molecule has 2 rings (SSSR count). The van der Waals surface area contributed by atoms with Gasteiger partial charge < -0.3 is 0 Å². The molecule has 0 aliphatic heterocycles. The van der Waals surface area contributed by atoms with Crippen molar-refractivity contribution in [2.24, 2.45) is 5.84 Å². The third kappa shape index (κ3) is 2.47. The maximum absolute atomic E-state index is 6.20. The number of hydrazine groups is 1. The molecule has 1 unspecified atom stereocenters. The summed E-state index contributed by atoms with van der Waals surface area (Å²) in [6, 6.07) is 7.76. The van der Waals surface area contributed by atoms with E-state index >= 15 is 0 Å². The van der Waals surface area contributed by atoms with E-state index in [1.165, 1.54) is 0 Å². The largest absolute Gasteiger partial charge is 0.271 e. The van der Waals surface area contributed by atoms with E-state index < -0.39 is 0 Å². The lowest BCUT2D eigenvalue weighted by Crippen LogP contribution is -2.28. The predicted molar refractivity (Wildman–Crippen MR) is 72.6 cm³/mol. The van der Waals surface area contributed by atoms with Crippen LogP contribution in [0.4, 0.5) is 0 Å². The van der Waals surface area contributed by atoms with Crippen LogP contribution in [0.2, 0.25) is 5.02 Å². The van der Waals surface area contributed by atoms with Crippen molar-refractivity contribution in [2.45, 2.75) is 6.04 Å². The maximum atomic E-state index is 6.20. The highest BCUT2D eigenvalue weighted by Crippen LogP contribution is 2.30. The van der Waals surface area contributed by atoms with Crippen LogP contribution in [0.1, 0.15) is 17.2 Å². The molecule has 0 spiro atoms. The number of nitrogens with one attached hydrogen (secondary N) is 1. The topological polar surface area (TPSA) is 38.0 Å². The smallest absolute Gasteiger partial charge is 0.0732 e. The summed E-state index contributed by atoms with van der Waals surface area (Å²) in [4.78, 5) is 0. The minimum atomic E-state index is -0.0631. The van der Waals surface area contributed by atoms with Crippen molar-refractivity contribution in [3.05, 3.63) is 55.6 Å². The summed E-state index contributed by atoms with van der Waals surface area (Å²) in [5.74, 6) is 5.59. The average Bonchev–Trinajstić information content (AvgIpc) is 2.75. The van der Waals surface area contributed by atoms with Gasteiger partial charge in [-0.05, 0) is 40.1 Å². The SMILES string of the molecule is NNC(c1ccsc1)c1ccc(Br)cc1Cl. The van der Waals surface area contributed by atoms with Crippen molar-refractivity contribution in [1.82, 2.24) is 5.43 Å². The van der Waals surface area contributed by atoms with E-state index in [9.17, 15) is 0 Å². The molecule has 0 radical (unpaired) electrons. The van der Waals surface area contributed by atoms with Gasteiger partial charge in [0, 0.05) is 9.50 Å². The molecule has 0 amide bonds. The first-order chi connectivity index (χ1) is 7.72. The molecule has 0 aliphatic rings. The molecule has 0 bridgehead atoms. The van der Waals surface area contributed by atoms with Crippen LogP contribution in [0, 0.1) is 0 Å². The Kier molecular flexibility index (Phi) is 4.00. The molecule has 2 aromatic rings. The average molecular weight is 318 g/mol. The number of thiophene rings is 1. The number of nitrogens with two attached hydrogens (primary N) is 1. The fraction of sp³-hybridized carbons (Fsp3) is 0.0909. The molecule has 3 N–H and O–H groups in total. The van der Waals surface area contributed by atoms with Crippen molar-refractivity contribution in [2.75, 3.05) is 0 Å². The summed E-state index contributed by atoms with van der Waals surface area (Å²) in [7, 11) is 0. The van der Waals surface area contributed by atoms with Gasteiger partial charge >= 0.3 is 0 Å². The van der Waals surface area contributed by atoms with Gasteiger partial charge in [-0.3, -0.25) is 5.84 Å². The number of hydrogen-bond donors (Lipinski definition) is 2. The molecule has 1 aromatic heterocycles. The molecule has 0 aliphatic carbocycles. The minimum absolute atomic E-state index is 0.0631. The van der Waals surface area contributed by atoms with Gasteiger partial charge in [0.2, 0.25) is 0 Å². The Labute approximate surface area is 112 Å². The van der Waals surface area contributed by atoms with Gasteiger partial charge in [-0.25, -0.2) is 5.43 Å². The molecule has 1 heterocycles. The van der Waals surface area contributed by atoms with E-state index in [1.54, 1.807) is 11.3 Å². The summed E-state index contributed by atoms with van der Waals surface area (Å²) in [6.45, 7) is 0. The third-order valence-electron chi connectivity index (χ3n) is 2.32. The van der Waals surface area contributed by atoms with Gasteiger partial charge in [0.25, 0.3) is 0 Å². The molecule has 1 atom stereocenters. The Morgan fingerprint density at radius 1 is 1.38 bits per heavy atom. The van der Waals surface area contributed by atoms with Gasteiger partial charge in [-0.1, -0.05) is 33.6 Å². The second kappa shape index (κ2) is 5.29. The predicted octanol–water partition coefficient (Wildman–Crippen LogP) is 3.72. The Hall–Kier alpha value is -0.390. The van der Waals surface area contributed by atoms with Crippen molar-refractivity contribution in [1.29, 1.82) is 0 Å². The van der Waals surface area contributed by atoms with Gasteiger partial charge in [-0.15, -0.1) is 0 Å². The number of halogens is 2. The first-order valence-corrected chi connectivity index (χ1v) is 6.77. The van der Waals surface area contributed by atoms with E-state index in [4.69, 9.17) is 17.4 Å². The van der Waals surface area contributed by atoms with Crippen LogP contribution in [-0.2, 0) is 0 Å². The first-order valence-electron chi connectivity index (χ1n) is 4.65. The van der Waals surface area contributed by atoms with Crippen molar-refractivity contribution < 1.29 is 0 Å². The molecule has 2 nitrogen and oxygen atoms in total. The molecule has 84 valence electrons. The third-order valence-corrected chi connectivity index (χ3v) is 3.84. The number of rotatable bonds is 3. The molecule has 16 heavy (non-hydrogen) atoms. The monoisotopic (exact) mass is 316 g/mol. The van der Waals surface area contributed by atoms with Crippen LogP contribution in [0.3, 0.4) is 0 Å². The van der Waals surface area contributed by atoms with Crippen LogP contribution in [0.15, 0.2) is 39.5 Å². The molecule has 1 aromatic carbocycles. The minimum Gasteiger partial charge on any atom is -0.271 e. The van der Waals surface area contributed by atoms with E-state index in [2.05, 4.69) is 26.7 Å². The Morgan fingerprint density at radius 2 is 2.19 bits per heavy atom. The van der Waals surface area contributed by atoms with E-state index in [-0.39, 0.29) is 6.04 Å². The second-order valence-corrected chi connectivity index (χ2v) is 5.43. The summed E-state index contributed by atoms with van der Waals surface area (Å²) in [6.07, 6.45) is 0. The summed E-state index contributed by atoms with van der Waals surface area (Å²) < 4.78 is 0.961. The summed E-state index contributed by atoms with van der Waals surface area (Å²) >= 11 is 11.2. The molecule has 5 heteroatoms. The molecule has 0 fully saturated rings. The summed E-state index contributed by atoms with van der Waals surface area (Å²) in [5, 5.41) is 4.78. The second-order valence-electron chi connectivity index (χ2n) is 3.32. The highest BCUT2D eigenvalue weighted by Gasteiger charge is 2.15. The zero-order valence-corrected chi connectivity index (χ0v) is 11.4. The van der Waals surface area contributed by atoms with E-state index in [0.29, 0.717) is 5.02 Å². The van der Waals surface area contributed by atoms with Crippen LogP contribution < -0.4 is 11.3 Å². The van der Waals surface area contributed by atoms with Crippen LogP contribution in [-0.4, -0.2) is 0 Å². The number of benzene rings is 1. The zero-order valence-electron chi connectivity index (χ0n) is 8.28. The van der Waals surface area contributed by atoms with Gasteiger partial charge in [-0.2, -0.15) is 11.3 Å². The van der Waals surface area contributed by atoms with E-state index in [0.717, 1.165) is 15.6 Å². The molecule has 0 saturated carbocycles. The standard InChI is InChI=1S/C11H10BrClN2S/c12-8-1-2-9(10(13)5-8)11(15-14)7-3-4-16-6-7/h1-6,11,15H,14H2. The lowest BCUT2D eigenvalue weighted by molar-refractivity contribution is 0.639. The highest BCUT2D eigenvalue weighted by atomic mass is 79.9. The summed E-state index contributed by atoms with van der Waals surface area (Å²) in [5.41, 5.74) is 4.89. The Morgan fingerprint density at radius 3 is 2.75 bits per heavy atom. The fourth-order valence-corrected chi connectivity index (χ4v) is 3.01. The maximum Gasteiger partial charge on any atom is 0.0732 e.